The minimum atomic E-state index is -0.577. The van der Waals surface area contributed by atoms with E-state index in [-0.39, 0.29) is 24.0 Å². The van der Waals surface area contributed by atoms with Crippen molar-refractivity contribution in [3.63, 3.8) is 0 Å². The number of hydrogen-bond acceptors (Lipinski definition) is 5. The number of aromatic nitrogens is 2. The highest BCUT2D eigenvalue weighted by Crippen LogP contribution is 2.12. The molecular weight excluding hydrogens is 348 g/mol. The summed E-state index contributed by atoms with van der Waals surface area (Å²) in [5, 5.41) is 0.471. The zero-order valence-electron chi connectivity index (χ0n) is 15.4. The van der Waals surface area contributed by atoms with E-state index in [1.54, 1.807) is 18.2 Å². The lowest BCUT2D eigenvalue weighted by atomic mass is 9.97. The Kier molecular flexibility index (Phi) is 5.85. The Morgan fingerprint density at radius 3 is 2.67 bits per heavy atom. The van der Waals surface area contributed by atoms with Gasteiger partial charge in [0.1, 0.15) is 13.1 Å². The molecule has 27 heavy (non-hydrogen) atoms. The summed E-state index contributed by atoms with van der Waals surface area (Å²) in [6.45, 7) is 4.08. The standard InChI is InChI=1S/C19H24N4O4/c1-2-27-19(26)13-7-9-22(10-8-13)12-17-21-15-6-4-3-5-14(15)18(25)23(17)11-16(20)24/h3-6,13H,2,7-12H2,1H3,(H2,20,24)/p+1. The van der Waals surface area contributed by atoms with Crippen LogP contribution in [0.25, 0.3) is 10.9 Å². The predicted molar refractivity (Wildman–Crippen MR) is 99.0 cm³/mol. The number of nitrogens with zero attached hydrogens (tertiary/aromatic N) is 2. The molecule has 0 bridgehead atoms. The smallest absolute Gasteiger partial charge is 0.309 e. The molecule has 0 spiro atoms. The quantitative estimate of drug-likeness (QED) is 0.647. The van der Waals surface area contributed by atoms with Crippen molar-refractivity contribution in [2.45, 2.75) is 32.9 Å². The molecule has 0 atom stereocenters. The number of carbonyl (C=O) groups excluding carboxylic acids is 2. The molecule has 0 unspecified atom stereocenters. The Hall–Kier alpha value is -2.74. The maximum Gasteiger partial charge on any atom is 0.309 e. The number of rotatable bonds is 6. The van der Waals surface area contributed by atoms with Crippen molar-refractivity contribution in [2.75, 3.05) is 19.7 Å². The molecule has 2 heterocycles. The lowest BCUT2D eigenvalue weighted by Gasteiger charge is -2.28. The number of piperidine rings is 1. The molecule has 8 nitrogen and oxygen atoms in total. The number of para-hydroxylation sites is 1. The molecule has 3 N–H and O–H groups in total. The Morgan fingerprint density at radius 1 is 1.30 bits per heavy atom. The molecule has 1 aromatic heterocycles. The molecule has 0 aliphatic carbocycles. The number of carbonyl (C=O) groups is 2. The van der Waals surface area contributed by atoms with E-state index in [1.807, 2.05) is 13.0 Å². The number of hydrogen-bond donors (Lipinski definition) is 2. The van der Waals surface area contributed by atoms with Gasteiger partial charge in [-0.1, -0.05) is 12.1 Å². The van der Waals surface area contributed by atoms with Crippen molar-refractivity contribution in [3.05, 3.63) is 40.4 Å². The topological polar surface area (TPSA) is 109 Å². The number of nitrogens with one attached hydrogen (secondary N) is 1. The molecule has 2 aromatic rings. The van der Waals surface area contributed by atoms with Crippen LogP contribution in [0.5, 0.6) is 0 Å². The van der Waals surface area contributed by atoms with Crippen LogP contribution in [-0.4, -0.2) is 41.1 Å². The molecular formula is C19H25N4O4+. The number of ether oxygens (including phenoxy) is 1. The lowest BCUT2D eigenvalue weighted by molar-refractivity contribution is -0.920. The molecule has 0 saturated carbocycles. The van der Waals surface area contributed by atoms with E-state index in [2.05, 4.69) is 4.98 Å². The van der Waals surface area contributed by atoms with E-state index in [4.69, 9.17) is 10.5 Å². The first-order valence-electron chi connectivity index (χ1n) is 9.26. The zero-order valence-corrected chi connectivity index (χ0v) is 15.4. The van der Waals surface area contributed by atoms with Crippen molar-refractivity contribution < 1.29 is 19.2 Å². The van der Waals surface area contributed by atoms with E-state index in [0.29, 0.717) is 29.9 Å². The van der Waals surface area contributed by atoms with E-state index in [9.17, 15) is 14.4 Å². The third kappa shape index (κ3) is 4.33. The minimum absolute atomic E-state index is 0.0638. The summed E-state index contributed by atoms with van der Waals surface area (Å²) in [6.07, 6.45) is 1.48. The normalized spacial score (nSPS) is 19.7. The number of amides is 1. The molecule has 1 saturated heterocycles. The van der Waals surface area contributed by atoms with Crippen LogP contribution in [0.2, 0.25) is 0 Å². The second-order valence-corrected chi connectivity index (χ2v) is 6.86. The number of esters is 1. The van der Waals surface area contributed by atoms with Gasteiger partial charge in [0.15, 0.2) is 5.82 Å². The molecule has 1 aliphatic heterocycles. The van der Waals surface area contributed by atoms with Gasteiger partial charge in [-0.2, -0.15) is 0 Å². The summed E-state index contributed by atoms with van der Waals surface area (Å²) in [5.74, 6) is -0.231. The average Bonchev–Trinajstić information content (AvgIpc) is 2.65. The van der Waals surface area contributed by atoms with Crippen LogP contribution in [0, 0.1) is 5.92 Å². The summed E-state index contributed by atoms with van der Waals surface area (Å²) in [6, 6.07) is 7.08. The van der Waals surface area contributed by atoms with Crippen molar-refractivity contribution >= 4 is 22.8 Å². The van der Waals surface area contributed by atoms with E-state index >= 15 is 0 Å². The molecule has 1 fully saturated rings. The van der Waals surface area contributed by atoms with Gasteiger partial charge in [-0.25, -0.2) is 4.98 Å². The van der Waals surface area contributed by atoms with Crippen LogP contribution in [0.3, 0.4) is 0 Å². The number of quaternary nitrogens is 1. The van der Waals surface area contributed by atoms with Crippen LogP contribution in [0.15, 0.2) is 29.1 Å². The maximum absolute atomic E-state index is 12.8. The molecule has 1 aromatic carbocycles. The summed E-state index contributed by atoms with van der Waals surface area (Å²) >= 11 is 0. The highest BCUT2D eigenvalue weighted by atomic mass is 16.5. The fourth-order valence-corrected chi connectivity index (χ4v) is 3.59. The monoisotopic (exact) mass is 373 g/mol. The van der Waals surface area contributed by atoms with Crippen molar-refractivity contribution in [1.29, 1.82) is 0 Å². The molecule has 0 radical (unpaired) electrons. The van der Waals surface area contributed by atoms with Gasteiger partial charge in [-0.05, 0) is 19.1 Å². The molecule has 8 heteroatoms. The number of primary amides is 1. The first kappa shape index (κ1) is 19.0. The van der Waals surface area contributed by atoms with Gasteiger partial charge >= 0.3 is 5.97 Å². The molecule has 1 amide bonds. The number of fused-ring (bicyclic) bond motifs is 1. The second kappa shape index (κ2) is 8.30. The van der Waals surface area contributed by atoms with Gasteiger partial charge in [0.05, 0.1) is 36.5 Å². The van der Waals surface area contributed by atoms with Crippen LogP contribution in [0.1, 0.15) is 25.6 Å². The largest absolute Gasteiger partial charge is 0.466 e. The fraction of sp³-hybridized carbons (Fsp3) is 0.474. The Morgan fingerprint density at radius 2 is 2.00 bits per heavy atom. The zero-order chi connectivity index (χ0) is 19.4. The summed E-state index contributed by atoms with van der Waals surface area (Å²) in [4.78, 5) is 42.0. The number of benzene rings is 1. The van der Waals surface area contributed by atoms with Gasteiger partial charge in [0, 0.05) is 12.8 Å². The van der Waals surface area contributed by atoms with Crippen LogP contribution in [-0.2, 0) is 27.4 Å². The third-order valence-electron chi connectivity index (χ3n) is 4.98. The predicted octanol–water partition coefficient (Wildman–Crippen LogP) is -0.760. The van der Waals surface area contributed by atoms with Gasteiger partial charge < -0.3 is 15.4 Å². The summed E-state index contributed by atoms with van der Waals surface area (Å²) < 4.78 is 6.47. The van der Waals surface area contributed by atoms with Gasteiger partial charge in [0.2, 0.25) is 5.91 Å². The van der Waals surface area contributed by atoms with Crippen molar-refractivity contribution in [3.8, 4) is 0 Å². The Bertz CT molecular complexity index is 900. The van der Waals surface area contributed by atoms with E-state index < -0.39 is 5.91 Å². The van der Waals surface area contributed by atoms with Crippen LogP contribution >= 0.6 is 0 Å². The van der Waals surface area contributed by atoms with E-state index in [0.717, 1.165) is 25.9 Å². The van der Waals surface area contributed by atoms with E-state index in [1.165, 1.54) is 9.47 Å². The van der Waals surface area contributed by atoms with Gasteiger partial charge in [-0.3, -0.25) is 19.0 Å². The SMILES string of the molecule is CCOC(=O)C1CC[NH+](Cc2nc3ccccc3c(=O)n2CC(N)=O)CC1. The van der Waals surface area contributed by atoms with Gasteiger partial charge in [-0.15, -0.1) is 0 Å². The number of nitrogens with two attached hydrogens (primary N) is 1. The lowest BCUT2D eigenvalue weighted by Crippen LogP contribution is -3.12. The first-order chi connectivity index (χ1) is 13.0. The second-order valence-electron chi connectivity index (χ2n) is 6.86. The minimum Gasteiger partial charge on any atom is -0.466 e. The average molecular weight is 373 g/mol. The van der Waals surface area contributed by atoms with Gasteiger partial charge in [0.25, 0.3) is 5.56 Å². The molecule has 3 rings (SSSR count). The summed E-state index contributed by atoms with van der Waals surface area (Å²) in [5.41, 5.74) is 5.69. The highest BCUT2D eigenvalue weighted by molar-refractivity contribution is 5.78. The highest BCUT2D eigenvalue weighted by Gasteiger charge is 2.29. The molecule has 1 aliphatic rings. The van der Waals surface area contributed by atoms with Crippen molar-refractivity contribution in [2.24, 2.45) is 11.7 Å². The third-order valence-corrected chi connectivity index (χ3v) is 4.98. The maximum atomic E-state index is 12.8. The number of likely N-dealkylation sites (tertiary alicyclic amines) is 1. The Balaban J connectivity index is 1.81. The Labute approximate surface area is 156 Å². The van der Waals surface area contributed by atoms with Crippen LogP contribution in [0.4, 0.5) is 0 Å². The van der Waals surface area contributed by atoms with Crippen LogP contribution < -0.4 is 16.2 Å². The van der Waals surface area contributed by atoms with Crippen molar-refractivity contribution in [1.82, 2.24) is 9.55 Å². The summed E-state index contributed by atoms with van der Waals surface area (Å²) in [7, 11) is 0. The fourth-order valence-electron chi connectivity index (χ4n) is 3.59. The first-order valence-corrected chi connectivity index (χ1v) is 9.26. The molecule has 144 valence electrons.